The molecule has 5 heteroatoms. The molecule has 1 aromatic carbocycles. The van der Waals surface area contributed by atoms with Crippen molar-refractivity contribution in [3.8, 4) is 0 Å². The Morgan fingerprint density at radius 3 is 2.79 bits per heavy atom. The van der Waals surface area contributed by atoms with Crippen LogP contribution in [0.4, 0.5) is 5.69 Å². The molecule has 0 aromatic heterocycles. The maximum atomic E-state index is 9.21. The van der Waals surface area contributed by atoms with E-state index in [-0.39, 0.29) is 5.88 Å². The molecule has 0 fully saturated rings. The van der Waals surface area contributed by atoms with E-state index in [1.165, 1.54) is 0 Å². The summed E-state index contributed by atoms with van der Waals surface area (Å²) in [4.78, 5) is 0. The summed E-state index contributed by atoms with van der Waals surface area (Å²) in [6.07, 6.45) is -0.543. The topological polar surface area (TPSA) is 32.3 Å². The van der Waals surface area contributed by atoms with Crippen molar-refractivity contribution in [2.75, 3.05) is 17.7 Å². The molecular formula is C9H10BrCl2NO. The van der Waals surface area contributed by atoms with Gasteiger partial charge < -0.3 is 10.4 Å². The van der Waals surface area contributed by atoms with Gasteiger partial charge in [0.15, 0.2) is 0 Å². The van der Waals surface area contributed by atoms with Gasteiger partial charge in [0.25, 0.3) is 0 Å². The van der Waals surface area contributed by atoms with Gasteiger partial charge >= 0.3 is 0 Å². The molecular weight excluding hydrogens is 289 g/mol. The second kappa shape index (κ2) is 5.81. The number of benzene rings is 1. The summed E-state index contributed by atoms with van der Waals surface area (Å²) in [5.41, 5.74) is 0.863. The summed E-state index contributed by atoms with van der Waals surface area (Å²) in [7, 11) is 0. The van der Waals surface area contributed by atoms with E-state index in [1.807, 2.05) is 12.1 Å². The van der Waals surface area contributed by atoms with E-state index in [9.17, 15) is 5.11 Å². The number of halogens is 3. The predicted molar refractivity (Wildman–Crippen MR) is 64.4 cm³/mol. The first-order chi connectivity index (χ1) is 6.63. The molecule has 0 aliphatic heterocycles. The lowest BCUT2D eigenvalue weighted by molar-refractivity contribution is 0.211. The summed E-state index contributed by atoms with van der Waals surface area (Å²) in [5.74, 6) is 0.220. The fraction of sp³-hybridized carbons (Fsp3) is 0.333. The average molecular weight is 299 g/mol. The maximum absolute atomic E-state index is 9.21. The molecule has 0 heterocycles. The zero-order valence-electron chi connectivity index (χ0n) is 7.30. The van der Waals surface area contributed by atoms with E-state index in [4.69, 9.17) is 23.2 Å². The fourth-order valence-corrected chi connectivity index (χ4v) is 1.43. The third-order valence-corrected chi connectivity index (χ3v) is 3.23. The van der Waals surface area contributed by atoms with Crippen molar-refractivity contribution in [3.05, 3.63) is 27.7 Å². The van der Waals surface area contributed by atoms with Crippen LogP contribution in [0.3, 0.4) is 0 Å². The minimum atomic E-state index is -0.543. The lowest BCUT2D eigenvalue weighted by Crippen LogP contribution is -2.20. The van der Waals surface area contributed by atoms with Crippen molar-refractivity contribution in [1.29, 1.82) is 0 Å². The largest absolute Gasteiger partial charge is 0.390 e. The third-order valence-electron chi connectivity index (χ3n) is 1.64. The lowest BCUT2D eigenvalue weighted by atomic mass is 10.3. The van der Waals surface area contributed by atoms with Gasteiger partial charge in [0, 0.05) is 16.7 Å². The molecule has 1 aromatic rings. The van der Waals surface area contributed by atoms with Crippen LogP contribution < -0.4 is 5.32 Å². The first-order valence-electron chi connectivity index (χ1n) is 4.06. The van der Waals surface area contributed by atoms with Gasteiger partial charge in [-0.1, -0.05) is 11.6 Å². The number of aliphatic hydroxyl groups is 1. The minimum absolute atomic E-state index is 0.220. The van der Waals surface area contributed by atoms with Crippen LogP contribution in [0.15, 0.2) is 22.7 Å². The summed E-state index contributed by atoms with van der Waals surface area (Å²) in [6.45, 7) is 0.418. The molecule has 0 saturated carbocycles. The highest BCUT2D eigenvalue weighted by atomic mass is 79.9. The van der Waals surface area contributed by atoms with Gasteiger partial charge in [0.1, 0.15) is 0 Å². The average Bonchev–Trinajstić information content (AvgIpc) is 2.19. The van der Waals surface area contributed by atoms with Crippen molar-refractivity contribution in [3.63, 3.8) is 0 Å². The van der Waals surface area contributed by atoms with Gasteiger partial charge in [0.2, 0.25) is 0 Å². The molecule has 78 valence electrons. The number of rotatable bonds is 4. The van der Waals surface area contributed by atoms with Crippen molar-refractivity contribution in [2.24, 2.45) is 0 Å². The Morgan fingerprint density at radius 2 is 2.21 bits per heavy atom. The van der Waals surface area contributed by atoms with Gasteiger partial charge in [-0.15, -0.1) is 11.6 Å². The van der Waals surface area contributed by atoms with Crippen LogP contribution in [-0.4, -0.2) is 23.6 Å². The van der Waals surface area contributed by atoms with E-state index in [2.05, 4.69) is 21.2 Å². The van der Waals surface area contributed by atoms with E-state index < -0.39 is 6.10 Å². The highest BCUT2D eigenvalue weighted by Crippen LogP contribution is 2.25. The summed E-state index contributed by atoms with van der Waals surface area (Å²) in [6, 6.07) is 5.50. The molecule has 0 radical (unpaired) electrons. The summed E-state index contributed by atoms with van der Waals surface area (Å²) < 4.78 is 0.850. The van der Waals surface area contributed by atoms with Crippen LogP contribution >= 0.6 is 39.1 Å². The number of alkyl halides is 1. The van der Waals surface area contributed by atoms with E-state index in [0.29, 0.717) is 11.6 Å². The molecule has 2 nitrogen and oxygen atoms in total. The third kappa shape index (κ3) is 3.65. The van der Waals surface area contributed by atoms with Gasteiger partial charge in [-0.3, -0.25) is 0 Å². The molecule has 1 rings (SSSR count). The Labute approximate surface area is 101 Å². The van der Waals surface area contributed by atoms with E-state index in [0.717, 1.165) is 10.2 Å². The number of nitrogens with one attached hydrogen (secondary N) is 1. The Kier molecular flexibility index (Phi) is 5.02. The Hall–Kier alpha value is 0.0400. The van der Waals surface area contributed by atoms with Crippen LogP contribution in [0.5, 0.6) is 0 Å². The molecule has 0 amide bonds. The van der Waals surface area contributed by atoms with Crippen molar-refractivity contribution < 1.29 is 5.11 Å². The number of hydrogen-bond acceptors (Lipinski definition) is 2. The van der Waals surface area contributed by atoms with Gasteiger partial charge in [-0.05, 0) is 34.1 Å². The Morgan fingerprint density at radius 1 is 1.50 bits per heavy atom. The van der Waals surface area contributed by atoms with Crippen LogP contribution in [-0.2, 0) is 0 Å². The molecule has 0 bridgehead atoms. The lowest BCUT2D eigenvalue weighted by Gasteiger charge is -2.10. The number of aliphatic hydroxyl groups excluding tert-OH is 1. The smallest absolute Gasteiger partial charge is 0.0847 e. The van der Waals surface area contributed by atoms with Crippen LogP contribution in [0, 0.1) is 0 Å². The number of anilines is 1. The molecule has 0 aliphatic rings. The zero-order valence-corrected chi connectivity index (χ0v) is 10.4. The molecule has 0 spiro atoms. The van der Waals surface area contributed by atoms with Crippen molar-refractivity contribution in [1.82, 2.24) is 0 Å². The standard InChI is InChI=1S/C9H10BrCl2NO/c10-8-2-1-6(3-9(8)12)13-5-7(14)4-11/h1-3,7,13-14H,4-5H2. The van der Waals surface area contributed by atoms with Gasteiger partial charge in [-0.25, -0.2) is 0 Å². The van der Waals surface area contributed by atoms with Crippen LogP contribution in [0.1, 0.15) is 0 Å². The van der Waals surface area contributed by atoms with Crippen LogP contribution in [0.2, 0.25) is 5.02 Å². The van der Waals surface area contributed by atoms with Gasteiger partial charge in [0.05, 0.1) is 17.0 Å². The Bertz CT molecular complexity index is 309. The summed E-state index contributed by atoms with van der Waals surface area (Å²) >= 11 is 14.6. The monoisotopic (exact) mass is 297 g/mol. The maximum Gasteiger partial charge on any atom is 0.0847 e. The minimum Gasteiger partial charge on any atom is -0.390 e. The second-order valence-corrected chi connectivity index (χ2v) is 4.39. The quantitative estimate of drug-likeness (QED) is 0.837. The summed E-state index contributed by atoms with van der Waals surface area (Å²) in [5, 5.41) is 12.9. The van der Waals surface area contributed by atoms with Crippen molar-refractivity contribution >= 4 is 44.8 Å². The highest BCUT2D eigenvalue weighted by Gasteiger charge is 2.02. The highest BCUT2D eigenvalue weighted by molar-refractivity contribution is 9.10. The molecule has 14 heavy (non-hydrogen) atoms. The Balaban J connectivity index is 2.55. The molecule has 1 unspecified atom stereocenters. The second-order valence-electron chi connectivity index (χ2n) is 2.82. The van der Waals surface area contributed by atoms with E-state index in [1.54, 1.807) is 6.07 Å². The van der Waals surface area contributed by atoms with Crippen LogP contribution in [0.25, 0.3) is 0 Å². The first-order valence-corrected chi connectivity index (χ1v) is 5.77. The fourth-order valence-electron chi connectivity index (χ4n) is 0.896. The normalized spacial score (nSPS) is 12.6. The SMILES string of the molecule is OC(CCl)CNc1ccc(Br)c(Cl)c1. The van der Waals surface area contributed by atoms with Crippen molar-refractivity contribution in [2.45, 2.75) is 6.10 Å². The molecule has 2 N–H and O–H groups in total. The van der Waals surface area contributed by atoms with Gasteiger partial charge in [-0.2, -0.15) is 0 Å². The zero-order chi connectivity index (χ0) is 10.6. The molecule has 0 saturated heterocycles. The molecule has 0 aliphatic carbocycles. The molecule has 1 atom stereocenters. The number of hydrogen-bond donors (Lipinski definition) is 2. The predicted octanol–water partition coefficient (Wildman–Crippen LogP) is 3.11. The first kappa shape index (κ1) is 12.1. The van der Waals surface area contributed by atoms with E-state index >= 15 is 0 Å².